The molecular formula is C21H21N7O. The molecule has 0 unspecified atom stereocenters. The second-order valence-electron chi connectivity index (χ2n) is 7.06. The number of fused-ring (bicyclic) bond motifs is 2. The Morgan fingerprint density at radius 2 is 1.90 bits per heavy atom. The van der Waals surface area contributed by atoms with Gasteiger partial charge in [0.1, 0.15) is 16.9 Å². The number of hydrogen-bond acceptors (Lipinski definition) is 6. The number of nitrogens with one attached hydrogen (secondary N) is 1. The highest BCUT2D eigenvalue weighted by atomic mass is 16.1. The molecule has 0 aliphatic heterocycles. The molecule has 146 valence electrons. The van der Waals surface area contributed by atoms with Crippen LogP contribution < -0.4 is 11.1 Å². The minimum absolute atomic E-state index is 0.184. The predicted molar refractivity (Wildman–Crippen MR) is 114 cm³/mol. The van der Waals surface area contributed by atoms with Crippen molar-refractivity contribution in [2.75, 3.05) is 12.3 Å². The van der Waals surface area contributed by atoms with Crippen molar-refractivity contribution >= 4 is 40.1 Å². The molecule has 0 atom stereocenters. The molecule has 0 aliphatic rings. The maximum absolute atomic E-state index is 12.9. The summed E-state index contributed by atoms with van der Waals surface area (Å²) in [6, 6.07) is 13.0. The number of pyridine rings is 1. The zero-order chi connectivity index (χ0) is 20.4. The Balaban J connectivity index is 1.89. The number of amides is 1. The van der Waals surface area contributed by atoms with Gasteiger partial charge in [0, 0.05) is 12.7 Å². The maximum atomic E-state index is 12.9. The Morgan fingerprint density at radius 3 is 2.59 bits per heavy atom. The van der Waals surface area contributed by atoms with Crippen LogP contribution in [0.3, 0.4) is 0 Å². The van der Waals surface area contributed by atoms with E-state index in [4.69, 9.17) is 5.73 Å². The van der Waals surface area contributed by atoms with Gasteiger partial charge in [-0.25, -0.2) is 9.97 Å². The topological polar surface area (TPSA) is 111 Å². The van der Waals surface area contributed by atoms with Gasteiger partial charge in [-0.2, -0.15) is 9.78 Å². The monoisotopic (exact) mass is 387 g/mol. The van der Waals surface area contributed by atoms with Gasteiger partial charge in [-0.05, 0) is 30.2 Å². The summed E-state index contributed by atoms with van der Waals surface area (Å²) in [6.45, 7) is 4.58. The molecule has 0 radical (unpaired) electrons. The van der Waals surface area contributed by atoms with E-state index in [1.165, 1.54) is 4.68 Å². The highest BCUT2D eigenvalue weighted by Crippen LogP contribution is 2.27. The maximum Gasteiger partial charge on any atom is 0.257 e. The first-order valence-corrected chi connectivity index (χ1v) is 9.35. The lowest BCUT2D eigenvalue weighted by molar-refractivity contribution is 0.0951. The normalized spacial score (nSPS) is 11.7. The van der Waals surface area contributed by atoms with Crippen molar-refractivity contribution in [3.05, 3.63) is 59.9 Å². The van der Waals surface area contributed by atoms with Crippen LogP contribution in [0.1, 0.15) is 29.9 Å². The number of para-hydroxylation sites is 2. The van der Waals surface area contributed by atoms with Crippen molar-refractivity contribution in [2.24, 2.45) is 11.0 Å². The summed E-state index contributed by atoms with van der Waals surface area (Å²) in [6.07, 6.45) is 3.25. The van der Waals surface area contributed by atoms with Crippen LogP contribution in [0.15, 0.2) is 53.8 Å². The number of nitrogens with zero attached hydrogens (tertiary/aromatic N) is 5. The number of benzene rings is 1. The van der Waals surface area contributed by atoms with Gasteiger partial charge in [-0.1, -0.05) is 32.0 Å². The molecule has 4 aromatic rings. The number of hydrogen-bond donors (Lipinski definition) is 2. The van der Waals surface area contributed by atoms with Crippen molar-refractivity contribution < 1.29 is 4.79 Å². The van der Waals surface area contributed by atoms with Crippen LogP contribution >= 0.6 is 0 Å². The highest BCUT2D eigenvalue weighted by molar-refractivity contribution is 6.10. The molecule has 8 heteroatoms. The summed E-state index contributed by atoms with van der Waals surface area (Å²) in [5.41, 5.74) is 9.49. The highest BCUT2D eigenvalue weighted by Gasteiger charge is 2.24. The van der Waals surface area contributed by atoms with E-state index in [1.807, 2.05) is 56.3 Å². The molecule has 0 fully saturated rings. The summed E-state index contributed by atoms with van der Waals surface area (Å²) in [5, 5.41) is 7.33. The van der Waals surface area contributed by atoms with Crippen LogP contribution in [0.25, 0.3) is 22.2 Å². The van der Waals surface area contributed by atoms with Gasteiger partial charge < -0.3 is 11.1 Å². The van der Waals surface area contributed by atoms with E-state index in [-0.39, 0.29) is 17.3 Å². The number of nitrogen functional groups attached to an aromatic ring is 1. The summed E-state index contributed by atoms with van der Waals surface area (Å²) >= 11 is 0. The van der Waals surface area contributed by atoms with E-state index in [9.17, 15) is 4.79 Å². The fourth-order valence-electron chi connectivity index (χ4n) is 2.94. The van der Waals surface area contributed by atoms with Crippen LogP contribution in [-0.4, -0.2) is 38.3 Å². The van der Waals surface area contributed by atoms with Crippen molar-refractivity contribution in [1.29, 1.82) is 0 Å². The Labute approximate surface area is 167 Å². The summed E-state index contributed by atoms with van der Waals surface area (Å²) in [5.74, 6) is 0.198. The Morgan fingerprint density at radius 1 is 1.17 bits per heavy atom. The summed E-state index contributed by atoms with van der Waals surface area (Å²) in [4.78, 5) is 26.4. The second kappa shape index (κ2) is 7.67. The lowest BCUT2D eigenvalue weighted by Crippen LogP contribution is -2.28. The smallest absolute Gasteiger partial charge is 0.257 e. The molecule has 1 aromatic carbocycles. The molecule has 4 rings (SSSR count). The molecule has 1 amide bonds. The van der Waals surface area contributed by atoms with Gasteiger partial charge >= 0.3 is 0 Å². The van der Waals surface area contributed by atoms with E-state index in [0.29, 0.717) is 40.4 Å². The quantitative estimate of drug-likeness (QED) is 0.512. The third-order valence-corrected chi connectivity index (χ3v) is 4.37. The first-order chi connectivity index (χ1) is 14.0. The van der Waals surface area contributed by atoms with E-state index in [2.05, 4.69) is 25.4 Å². The summed E-state index contributed by atoms with van der Waals surface area (Å²) < 4.78 is 1.44. The van der Waals surface area contributed by atoms with Gasteiger partial charge in [0.05, 0.1) is 22.9 Å². The molecule has 3 aromatic heterocycles. The van der Waals surface area contributed by atoms with Crippen molar-refractivity contribution in [3.63, 3.8) is 0 Å². The minimum Gasteiger partial charge on any atom is -0.383 e. The van der Waals surface area contributed by atoms with Crippen LogP contribution in [0.4, 0.5) is 5.82 Å². The molecule has 0 saturated heterocycles. The zero-order valence-electron chi connectivity index (χ0n) is 16.2. The van der Waals surface area contributed by atoms with Crippen LogP contribution in [0.5, 0.6) is 0 Å². The fraction of sp³-hybridized carbons (Fsp3) is 0.190. The molecular weight excluding hydrogens is 366 g/mol. The number of aromatic nitrogens is 4. The number of carbonyl (C=O) groups is 1. The third kappa shape index (κ3) is 3.64. The SMILES string of the molecule is CC(C)CNC(=O)c1c(N)n(N=Cc2ccccn2)c2nc3ccccc3nc12. The largest absolute Gasteiger partial charge is 0.383 e. The van der Waals surface area contributed by atoms with Crippen LogP contribution in [0, 0.1) is 5.92 Å². The van der Waals surface area contributed by atoms with E-state index in [0.717, 1.165) is 0 Å². The molecule has 0 aliphatic carbocycles. The molecule has 8 nitrogen and oxygen atoms in total. The molecule has 0 saturated carbocycles. The van der Waals surface area contributed by atoms with Crippen LogP contribution in [-0.2, 0) is 0 Å². The van der Waals surface area contributed by atoms with Gasteiger partial charge in [0.2, 0.25) is 0 Å². The van der Waals surface area contributed by atoms with Gasteiger partial charge in [0.25, 0.3) is 5.91 Å². The number of anilines is 1. The molecule has 0 spiro atoms. The zero-order valence-corrected chi connectivity index (χ0v) is 16.2. The average Bonchev–Trinajstić information content (AvgIpc) is 2.99. The third-order valence-electron chi connectivity index (χ3n) is 4.37. The second-order valence-corrected chi connectivity index (χ2v) is 7.06. The average molecular weight is 387 g/mol. The Bertz CT molecular complexity index is 1210. The molecule has 0 bridgehead atoms. The van der Waals surface area contributed by atoms with Crippen LogP contribution in [0.2, 0.25) is 0 Å². The van der Waals surface area contributed by atoms with E-state index in [1.54, 1.807) is 12.4 Å². The Kier molecular flexibility index (Phi) is 4.90. The van der Waals surface area contributed by atoms with Gasteiger partial charge in [-0.3, -0.25) is 9.78 Å². The van der Waals surface area contributed by atoms with Crippen molar-refractivity contribution in [2.45, 2.75) is 13.8 Å². The van der Waals surface area contributed by atoms with Gasteiger partial charge in [0.15, 0.2) is 5.65 Å². The van der Waals surface area contributed by atoms with E-state index >= 15 is 0 Å². The first kappa shape index (κ1) is 18.5. The standard InChI is InChI=1S/C21H21N7O/c1-13(2)11-24-21(29)17-18-20(27-16-9-4-3-8-15(16)26-18)28(19(17)22)25-12-14-7-5-6-10-23-14/h3-10,12-13H,11,22H2,1-2H3,(H,24,29). The number of carbonyl (C=O) groups excluding carboxylic acids is 1. The molecule has 29 heavy (non-hydrogen) atoms. The Hall–Kier alpha value is -3.81. The first-order valence-electron chi connectivity index (χ1n) is 9.35. The number of nitrogens with two attached hydrogens (primary N) is 1. The summed E-state index contributed by atoms with van der Waals surface area (Å²) in [7, 11) is 0. The molecule has 3 N–H and O–H groups in total. The van der Waals surface area contributed by atoms with Crippen molar-refractivity contribution in [3.8, 4) is 0 Å². The van der Waals surface area contributed by atoms with E-state index < -0.39 is 0 Å². The van der Waals surface area contributed by atoms with Crippen molar-refractivity contribution in [1.82, 2.24) is 24.9 Å². The van der Waals surface area contributed by atoms with Gasteiger partial charge in [-0.15, -0.1) is 0 Å². The number of rotatable bonds is 5. The fourth-order valence-corrected chi connectivity index (χ4v) is 2.94. The lowest BCUT2D eigenvalue weighted by Gasteiger charge is -2.07. The minimum atomic E-state index is -0.294. The lowest BCUT2D eigenvalue weighted by atomic mass is 10.2. The molecule has 3 heterocycles. The predicted octanol–water partition coefficient (Wildman–Crippen LogP) is 2.83.